The minimum absolute atomic E-state index is 0.240. The highest BCUT2D eigenvalue weighted by atomic mass is 16.2. The standard InChI is InChI=1S/C21H21N5O/c22-15-9-16-19-17(11-23-25-21(16)27)20(24-18(19)10-15)14-5-3-4-13(8-14)12-26-6-1-2-7-26/h3-5,8-11,24H,1-2,6-7,12,22H2,(H,25,27). The molecule has 1 aromatic heterocycles. The summed E-state index contributed by atoms with van der Waals surface area (Å²) in [7, 11) is 0. The molecule has 27 heavy (non-hydrogen) atoms. The Balaban J connectivity index is 1.64. The van der Waals surface area contributed by atoms with Crippen molar-refractivity contribution in [1.29, 1.82) is 0 Å². The van der Waals surface area contributed by atoms with Gasteiger partial charge in [0.15, 0.2) is 0 Å². The highest BCUT2D eigenvalue weighted by Gasteiger charge is 2.22. The van der Waals surface area contributed by atoms with Gasteiger partial charge < -0.3 is 10.7 Å². The quantitative estimate of drug-likeness (QED) is 0.628. The Labute approximate surface area is 157 Å². The molecule has 5 rings (SSSR count). The fourth-order valence-corrected chi connectivity index (χ4v) is 4.16. The zero-order valence-corrected chi connectivity index (χ0v) is 15.0. The van der Waals surface area contributed by atoms with Crippen LogP contribution in [0.2, 0.25) is 0 Å². The first-order valence-corrected chi connectivity index (χ1v) is 9.29. The van der Waals surface area contributed by atoms with Crippen molar-refractivity contribution in [3.63, 3.8) is 0 Å². The molecule has 4 N–H and O–H groups in total. The van der Waals surface area contributed by atoms with Crippen LogP contribution in [-0.4, -0.2) is 35.1 Å². The molecule has 136 valence electrons. The van der Waals surface area contributed by atoms with E-state index in [-0.39, 0.29) is 5.91 Å². The van der Waals surface area contributed by atoms with E-state index in [1.165, 1.54) is 31.5 Å². The topological polar surface area (TPSA) is 86.5 Å². The van der Waals surface area contributed by atoms with Gasteiger partial charge in [0.25, 0.3) is 5.91 Å². The van der Waals surface area contributed by atoms with E-state index in [1.807, 2.05) is 6.07 Å². The van der Waals surface area contributed by atoms with Crippen LogP contribution < -0.4 is 11.2 Å². The van der Waals surface area contributed by atoms with E-state index in [4.69, 9.17) is 5.73 Å². The molecule has 0 bridgehead atoms. The molecule has 0 radical (unpaired) electrons. The number of amides is 1. The first-order valence-electron chi connectivity index (χ1n) is 9.29. The maximum atomic E-state index is 12.3. The molecule has 0 saturated carbocycles. The number of hydrazone groups is 1. The van der Waals surface area contributed by atoms with Crippen molar-refractivity contribution in [2.24, 2.45) is 5.10 Å². The van der Waals surface area contributed by atoms with Crippen molar-refractivity contribution in [2.45, 2.75) is 19.4 Å². The number of rotatable bonds is 3. The number of hydrogen-bond acceptors (Lipinski definition) is 4. The van der Waals surface area contributed by atoms with Gasteiger partial charge in [-0.15, -0.1) is 0 Å². The van der Waals surface area contributed by atoms with Crippen molar-refractivity contribution in [3.8, 4) is 11.3 Å². The van der Waals surface area contributed by atoms with E-state index in [2.05, 4.69) is 44.7 Å². The Morgan fingerprint density at radius 2 is 2.00 bits per heavy atom. The van der Waals surface area contributed by atoms with E-state index in [9.17, 15) is 4.79 Å². The van der Waals surface area contributed by atoms with Crippen LogP contribution in [0.4, 0.5) is 5.69 Å². The molecular weight excluding hydrogens is 338 g/mol. The third-order valence-electron chi connectivity index (χ3n) is 5.38. The molecule has 2 aliphatic heterocycles. The van der Waals surface area contributed by atoms with Gasteiger partial charge in [0.2, 0.25) is 0 Å². The smallest absolute Gasteiger partial charge is 0.272 e. The van der Waals surface area contributed by atoms with Crippen LogP contribution in [-0.2, 0) is 6.54 Å². The highest BCUT2D eigenvalue weighted by Crippen LogP contribution is 2.34. The molecule has 1 saturated heterocycles. The molecule has 2 aliphatic rings. The molecule has 0 unspecified atom stereocenters. The van der Waals surface area contributed by atoms with Crippen LogP contribution >= 0.6 is 0 Å². The summed E-state index contributed by atoms with van der Waals surface area (Å²) in [6.45, 7) is 3.31. The first kappa shape index (κ1) is 16.1. The number of hydrogen-bond donors (Lipinski definition) is 3. The number of carbonyl (C=O) groups is 1. The monoisotopic (exact) mass is 359 g/mol. The van der Waals surface area contributed by atoms with E-state index < -0.39 is 0 Å². The van der Waals surface area contributed by atoms with Gasteiger partial charge in [0, 0.05) is 28.7 Å². The summed E-state index contributed by atoms with van der Waals surface area (Å²) in [5.74, 6) is -0.240. The van der Waals surface area contributed by atoms with Gasteiger partial charge in [-0.25, -0.2) is 5.43 Å². The van der Waals surface area contributed by atoms with Crippen molar-refractivity contribution in [1.82, 2.24) is 15.3 Å². The number of aromatic nitrogens is 1. The summed E-state index contributed by atoms with van der Waals surface area (Å²) in [6.07, 6.45) is 4.28. The van der Waals surface area contributed by atoms with E-state index in [0.29, 0.717) is 11.3 Å². The van der Waals surface area contributed by atoms with Gasteiger partial charge in [0.1, 0.15) is 0 Å². The lowest BCUT2D eigenvalue weighted by atomic mass is 10.0. The zero-order valence-electron chi connectivity index (χ0n) is 15.0. The average Bonchev–Trinajstić information content (AvgIpc) is 3.25. The molecule has 1 amide bonds. The van der Waals surface area contributed by atoms with Crippen molar-refractivity contribution >= 4 is 28.7 Å². The molecule has 3 aromatic rings. The minimum atomic E-state index is -0.240. The van der Waals surface area contributed by atoms with Crippen LogP contribution in [0.15, 0.2) is 41.5 Å². The molecule has 0 atom stereocenters. The van der Waals surface area contributed by atoms with Crippen LogP contribution in [0.1, 0.15) is 34.3 Å². The fourth-order valence-electron chi connectivity index (χ4n) is 4.16. The van der Waals surface area contributed by atoms with Crippen LogP contribution in [0.25, 0.3) is 22.2 Å². The largest absolute Gasteiger partial charge is 0.399 e. The number of nitrogen functional groups attached to an aromatic ring is 1. The highest BCUT2D eigenvalue weighted by molar-refractivity contribution is 6.17. The number of anilines is 1. The van der Waals surface area contributed by atoms with Gasteiger partial charge in [-0.3, -0.25) is 9.69 Å². The van der Waals surface area contributed by atoms with Crippen LogP contribution in [0.5, 0.6) is 0 Å². The lowest BCUT2D eigenvalue weighted by molar-refractivity contribution is 0.0957. The second-order valence-electron chi connectivity index (χ2n) is 7.29. The molecule has 0 aliphatic carbocycles. The Bertz CT molecular complexity index is 1080. The normalized spacial score (nSPS) is 16.7. The summed E-state index contributed by atoms with van der Waals surface area (Å²) in [4.78, 5) is 18.3. The summed E-state index contributed by atoms with van der Waals surface area (Å²) in [5, 5.41) is 4.96. The lowest BCUT2D eigenvalue weighted by Crippen LogP contribution is -2.18. The fraction of sp³-hybridized carbons (Fsp3) is 0.238. The number of likely N-dealkylation sites (tertiary alicyclic amines) is 1. The number of H-pyrrole nitrogens is 1. The first-order chi connectivity index (χ1) is 13.2. The molecule has 6 nitrogen and oxygen atoms in total. The third kappa shape index (κ3) is 2.78. The predicted octanol–water partition coefficient (Wildman–Crippen LogP) is 3.09. The van der Waals surface area contributed by atoms with Gasteiger partial charge in [-0.05, 0) is 55.3 Å². The SMILES string of the molecule is Nc1cc2c3c(c(-c4cccc(CN5CCCC5)c4)[nH]c3c1)C=NNC2=O. The molecule has 0 spiro atoms. The Morgan fingerprint density at radius 3 is 2.85 bits per heavy atom. The van der Waals surface area contributed by atoms with Crippen molar-refractivity contribution < 1.29 is 4.79 Å². The lowest BCUT2D eigenvalue weighted by Gasteiger charge is -2.15. The molecule has 3 heterocycles. The third-order valence-corrected chi connectivity index (χ3v) is 5.38. The number of nitrogens with two attached hydrogens (primary N) is 1. The number of benzene rings is 2. The molecule has 6 heteroatoms. The van der Waals surface area contributed by atoms with Gasteiger partial charge in [-0.2, -0.15) is 5.10 Å². The van der Waals surface area contributed by atoms with Crippen molar-refractivity contribution in [2.75, 3.05) is 18.8 Å². The van der Waals surface area contributed by atoms with Gasteiger partial charge in [0.05, 0.1) is 17.5 Å². The maximum absolute atomic E-state index is 12.3. The number of aromatic amines is 1. The summed E-state index contributed by atoms with van der Waals surface area (Å²) in [6, 6.07) is 12.1. The number of nitrogens with zero attached hydrogens (tertiary/aromatic N) is 2. The van der Waals surface area contributed by atoms with Crippen molar-refractivity contribution in [3.05, 3.63) is 53.1 Å². The summed E-state index contributed by atoms with van der Waals surface area (Å²) in [5.41, 5.74) is 14.8. The number of carbonyl (C=O) groups excluding carboxylic acids is 1. The molecule has 1 fully saturated rings. The Hall–Kier alpha value is -3.12. The predicted molar refractivity (Wildman–Crippen MR) is 108 cm³/mol. The second kappa shape index (κ2) is 6.25. The Morgan fingerprint density at radius 1 is 1.15 bits per heavy atom. The molecule has 2 aromatic carbocycles. The Kier molecular flexibility index (Phi) is 3.72. The van der Waals surface area contributed by atoms with E-state index in [0.717, 1.165) is 34.3 Å². The van der Waals surface area contributed by atoms with E-state index >= 15 is 0 Å². The average molecular weight is 359 g/mol. The van der Waals surface area contributed by atoms with Gasteiger partial charge >= 0.3 is 0 Å². The van der Waals surface area contributed by atoms with Gasteiger partial charge in [-0.1, -0.05) is 18.2 Å². The zero-order chi connectivity index (χ0) is 18.4. The molecular formula is C21H21N5O. The van der Waals surface area contributed by atoms with Crippen LogP contribution in [0, 0.1) is 0 Å². The second-order valence-corrected chi connectivity index (χ2v) is 7.29. The minimum Gasteiger partial charge on any atom is -0.399 e. The van der Waals surface area contributed by atoms with Crippen LogP contribution in [0.3, 0.4) is 0 Å². The van der Waals surface area contributed by atoms with E-state index in [1.54, 1.807) is 12.3 Å². The summed E-state index contributed by atoms with van der Waals surface area (Å²) >= 11 is 0. The maximum Gasteiger partial charge on any atom is 0.272 e. The summed E-state index contributed by atoms with van der Waals surface area (Å²) < 4.78 is 0. The number of nitrogens with one attached hydrogen (secondary N) is 2.